The lowest BCUT2D eigenvalue weighted by molar-refractivity contribution is 0.0697. The van der Waals surface area contributed by atoms with Crippen molar-refractivity contribution in [1.82, 2.24) is 19.6 Å². The molecule has 0 amide bonds. The van der Waals surface area contributed by atoms with Crippen molar-refractivity contribution >= 4 is 5.97 Å². The highest BCUT2D eigenvalue weighted by Gasteiger charge is 2.19. The van der Waals surface area contributed by atoms with Gasteiger partial charge in [-0.2, -0.15) is 10.2 Å². The van der Waals surface area contributed by atoms with E-state index in [4.69, 9.17) is 0 Å². The molecule has 0 aliphatic rings. The average molecular weight is 248 g/mol. The molecule has 2 aromatic rings. The summed E-state index contributed by atoms with van der Waals surface area (Å²) in [7, 11) is 1.81. The highest BCUT2D eigenvalue weighted by atomic mass is 16.4. The van der Waals surface area contributed by atoms with Gasteiger partial charge in [-0.25, -0.2) is 4.79 Å². The average Bonchev–Trinajstić information content (AvgIpc) is 2.82. The number of carboxylic acids is 1. The Kier molecular flexibility index (Phi) is 3.18. The Balaban J connectivity index is 2.54. The summed E-state index contributed by atoms with van der Waals surface area (Å²) in [5.74, 6) is -0.962. The van der Waals surface area contributed by atoms with E-state index in [9.17, 15) is 9.90 Å². The summed E-state index contributed by atoms with van der Waals surface area (Å²) in [5, 5.41) is 17.8. The second-order valence-electron chi connectivity index (χ2n) is 4.26. The lowest BCUT2D eigenvalue weighted by Crippen LogP contribution is -1.97. The minimum absolute atomic E-state index is 0.222. The van der Waals surface area contributed by atoms with Crippen LogP contribution in [0.4, 0.5) is 0 Å². The van der Waals surface area contributed by atoms with Crippen molar-refractivity contribution in [1.29, 1.82) is 0 Å². The fraction of sp³-hybridized carbons (Fsp3) is 0.417. The van der Waals surface area contributed by atoms with Gasteiger partial charge in [0, 0.05) is 31.5 Å². The van der Waals surface area contributed by atoms with Gasteiger partial charge in [0.25, 0.3) is 0 Å². The number of aromatic nitrogens is 4. The van der Waals surface area contributed by atoms with Crippen LogP contribution in [0.5, 0.6) is 0 Å². The zero-order valence-corrected chi connectivity index (χ0v) is 10.7. The molecule has 1 N–H and O–H groups in total. The Hall–Kier alpha value is -2.11. The summed E-state index contributed by atoms with van der Waals surface area (Å²) < 4.78 is 3.33. The molecule has 0 atom stereocenters. The molecular weight excluding hydrogens is 232 g/mol. The number of carbonyl (C=O) groups is 1. The van der Waals surface area contributed by atoms with Crippen LogP contribution in [0.2, 0.25) is 0 Å². The first kappa shape index (κ1) is 12.3. The SMILES string of the molecule is CCCn1cc(C(=O)O)c(-c2cn(C)nc2C)n1. The predicted octanol–water partition coefficient (Wildman–Crippen LogP) is 1.70. The highest BCUT2D eigenvalue weighted by molar-refractivity contribution is 5.94. The number of nitrogens with zero attached hydrogens (tertiary/aromatic N) is 4. The molecule has 0 bridgehead atoms. The molecule has 0 unspecified atom stereocenters. The van der Waals surface area contributed by atoms with Gasteiger partial charge < -0.3 is 5.11 Å². The lowest BCUT2D eigenvalue weighted by atomic mass is 10.1. The standard InChI is InChI=1S/C12H16N4O2/c1-4-5-16-7-10(12(17)18)11(14-16)9-6-15(3)13-8(9)2/h6-7H,4-5H2,1-3H3,(H,17,18). The van der Waals surface area contributed by atoms with Crippen molar-refractivity contribution in [2.45, 2.75) is 26.8 Å². The number of aryl methyl sites for hydroxylation is 3. The fourth-order valence-electron chi connectivity index (χ4n) is 1.95. The molecule has 18 heavy (non-hydrogen) atoms. The Morgan fingerprint density at radius 2 is 2.11 bits per heavy atom. The zero-order valence-electron chi connectivity index (χ0n) is 10.7. The van der Waals surface area contributed by atoms with Crippen LogP contribution in [0.25, 0.3) is 11.3 Å². The van der Waals surface area contributed by atoms with Gasteiger partial charge in [-0.05, 0) is 13.3 Å². The van der Waals surface area contributed by atoms with Crippen LogP contribution >= 0.6 is 0 Å². The van der Waals surface area contributed by atoms with Gasteiger partial charge in [0.2, 0.25) is 0 Å². The molecule has 6 nitrogen and oxygen atoms in total. The van der Waals surface area contributed by atoms with Crippen molar-refractivity contribution in [3.05, 3.63) is 23.7 Å². The number of hydrogen-bond acceptors (Lipinski definition) is 3. The van der Waals surface area contributed by atoms with Crippen molar-refractivity contribution in [3.63, 3.8) is 0 Å². The lowest BCUT2D eigenvalue weighted by Gasteiger charge is -1.96. The van der Waals surface area contributed by atoms with Crippen molar-refractivity contribution in [2.75, 3.05) is 0 Å². The minimum Gasteiger partial charge on any atom is -0.478 e. The Morgan fingerprint density at radius 1 is 1.39 bits per heavy atom. The number of hydrogen-bond donors (Lipinski definition) is 1. The summed E-state index contributed by atoms with van der Waals surface area (Å²) in [6.07, 6.45) is 4.28. The van der Waals surface area contributed by atoms with Crippen molar-refractivity contribution in [3.8, 4) is 11.3 Å². The molecule has 2 rings (SSSR count). The van der Waals surface area contributed by atoms with E-state index in [1.54, 1.807) is 28.8 Å². The number of rotatable bonds is 4. The predicted molar refractivity (Wildman–Crippen MR) is 66.4 cm³/mol. The van der Waals surface area contributed by atoms with Gasteiger partial charge in [-0.1, -0.05) is 6.92 Å². The second kappa shape index (κ2) is 4.64. The molecule has 0 fully saturated rings. The molecule has 6 heteroatoms. The third-order valence-corrected chi connectivity index (χ3v) is 2.71. The molecule has 0 saturated heterocycles. The van der Waals surface area contributed by atoms with Crippen LogP contribution in [0, 0.1) is 6.92 Å². The molecule has 2 aromatic heterocycles. The van der Waals surface area contributed by atoms with Crippen LogP contribution in [-0.4, -0.2) is 30.6 Å². The van der Waals surface area contributed by atoms with Crippen LogP contribution in [0.15, 0.2) is 12.4 Å². The van der Waals surface area contributed by atoms with Crippen molar-refractivity contribution in [2.24, 2.45) is 7.05 Å². The second-order valence-corrected chi connectivity index (χ2v) is 4.26. The molecule has 0 aromatic carbocycles. The Labute approximate surface area is 105 Å². The monoisotopic (exact) mass is 248 g/mol. The first-order chi connectivity index (χ1) is 8.52. The minimum atomic E-state index is -0.962. The summed E-state index contributed by atoms with van der Waals surface area (Å²) in [4.78, 5) is 11.3. The maximum absolute atomic E-state index is 11.3. The number of carboxylic acid groups (broad SMARTS) is 1. The van der Waals surface area contributed by atoms with E-state index >= 15 is 0 Å². The first-order valence-electron chi connectivity index (χ1n) is 5.84. The van der Waals surface area contributed by atoms with Gasteiger partial charge in [0.15, 0.2) is 0 Å². The normalized spacial score (nSPS) is 10.8. The maximum atomic E-state index is 11.3. The third kappa shape index (κ3) is 2.13. The van der Waals surface area contributed by atoms with Crippen molar-refractivity contribution < 1.29 is 9.90 Å². The quantitative estimate of drug-likeness (QED) is 0.893. The van der Waals surface area contributed by atoms with E-state index < -0.39 is 5.97 Å². The smallest absolute Gasteiger partial charge is 0.339 e. The van der Waals surface area contributed by atoms with Gasteiger partial charge in [0.05, 0.1) is 5.69 Å². The fourth-order valence-corrected chi connectivity index (χ4v) is 1.95. The van der Waals surface area contributed by atoms with Gasteiger partial charge in [0.1, 0.15) is 11.3 Å². The van der Waals surface area contributed by atoms with Crippen LogP contribution in [-0.2, 0) is 13.6 Å². The first-order valence-corrected chi connectivity index (χ1v) is 5.84. The summed E-state index contributed by atoms with van der Waals surface area (Å²) in [5.41, 5.74) is 2.26. The highest BCUT2D eigenvalue weighted by Crippen LogP contribution is 2.24. The van der Waals surface area contributed by atoms with E-state index in [1.165, 1.54) is 0 Å². The molecule has 0 saturated carbocycles. The third-order valence-electron chi connectivity index (χ3n) is 2.71. The summed E-state index contributed by atoms with van der Waals surface area (Å²) in [6, 6.07) is 0. The number of aromatic carboxylic acids is 1. The molecule has 0 spiro atoms. The molecule has 96 valence electrons. The van der Waals surface area contributed by atoms with Crippen LogP contribution in [0.3, 0.4) is 0 Å². The Bertz CT molecular complexity index is 583. The summed E-state index contributed by atoms with van der Waals surface area (Å²) >= 11 is 0. The molecule has 2 heterocycles. The molecule has 0 aliphatic carbocycles. The summed E-state index contributed by atoms with van der Waals surface area (Å²) in [6.45, 7) is 4.58. The van der Waals surface area contributed by atoms with E-state index in [1.807, 2.05) is 13.8 Å². The van der Waals surface area contributed by atoms with E-state index in [0.29, 0.717) is 12.2 Å². The Morgan fingerprint density at radius 3 is 2.61 bits per heavy atom. The van der Waals surface area contributed by atoms with Crippen LogP contribution < -0.4 is 0 Å². The van der Waals surface area contributed by atoms with Gasteiger partial charge in [-0.15, -0.1) is 0 Å². The topological polar surface area (TPSA) is 72.9 Å². The molecular formula is C12H16N4O2. The zero-order chi connectivity index (χ0) is 13.3. The van der Waals surface area contributed by atoms with Gasteiger partial charge >= 0.3 is 5.97 Å². The van der Waals surface area contributed by atoms with E-state index in [2.05, 4.69) is 10.2 Å². The van der Waals surface area contributed by atoms with E-state index in [-0.39, 0.29) is 5.56 Å². The molecule has 0 radical (unpaired) electrons. The van der Waals surface area contributed by atoms with E-state index in [0.717, 1.165) is 17.7 Å². The van der Waals surface area contributed by atoms with Gasteiger partial charge in [-0.3, -0.25) is 9.36 Å². The molecule has 0 aliphatic heterocycles. The van der Waals surface area contributed by atoms with Crippen LogP contribution in [0.1, 0.15) is 29.4 Å². The maximum Gasteiger partial charge on any atom is 0.339 e. The largest absolute Gasteiger partial charge is 0.478 e.